The van der Waals surface area contributed by atoms with Crippen molar-refractivity contribution in [3.63, 3.8) is 0 Å². The average Bonchev–Trinajstić information content (AvgIpc) is 2.93. The number of benzene rings is 1. The van der Waals surface area contributed by atoms with Gasteiger partial charge in [-0.1, -0.05) is 11.6 Å². The Morgan fingerprint density at radius 2 is 2.13 bits per heavy atom. The number of rotatable bonds is 2. The Bertz CT molecular complexity index is 513. The molecule has 15 heavy (non-hydrogen) atoms. The average molecular weight is 222 g/mol. The largest absolute Gasteiger partial charge is 0.395 e. The van der Waals surface area contributed by atoms with E-state index in [0.717, 1.165) is 34.5 Å². The van der Waals surface area contributed by atoms with Crippen molar-refractivity contribution in [2.24, 2.45) is 0 Å². The van der Waals surface area contributed by atoms with E-state index in [1.54, 1.807) is 0 Å². The van der Waals surface area contributed by atoms with Gasteiger partial charge in [-0.15, -0.1) is 0 Å². The zero-order valence-electron chi connectivity index (χ0n) is 8.26. The highest BCUT2D eigenvalue weighted by Crippen LogP contribution is 2.47. The molecule has 1 aromatic heterocycles. The first-order valence-corrected chi connectivity index (χ1v) is 5.51. The van der Waals surface area contributed by atoms with Gasteiger partial charge in [0.2, 0.25) is 0 Å². The molecule has 1 aliphatic rings. The maximum absolute atomic E-state index is 9.34. The van der Waals surface area contributed by atoms with Crippen LogP contribution in [0.15, 0.2) is 24.3 Å². The molecule has 3 heteroatoms. The van der Waals surface area contributed by atoms with Crippen LogP contribution >= 0.6 is 11.6 Å². The Balaban J connectivity index is 2.14. The summed E-state index contributed by atoms with van der Waals surface area (Å²) in [6, 6.07) is 7.91. The maximum Gasteiger partial charge on any atom is 0.0542 e. The van der Waals surface area contributed by atoms with Gasteiger partial charge in [0.25, 0.3) is 0 Å². The molecule has 1 aliphatic carbocycles. The molecule has 2 N–H and O–H groups in total. The van der Waals surface area contributed by atoms with Crippen LogP contribution in [0.25, 0.3) is 10.9 Å². The Hall–Kier alpha value is -0.990. The lowest BCUT2D eigenvalue weighted by Gasteiger charge is -2.07. The third-order valence-corrected chi connectivity index (χ3v) is 3.55. The first-order chi connectivity index (χ1) is 7.23. The van der Waals surface area contributed by atoms with Crippen LogP contribution in [0.4, 0.5) is 0 Å². The third-order valence-electron chi connectivity index (χ3n) is 3.31. The van der Waals surface area contributed by atoms with Crippen LogP contribution in [0.2, 0.25) is 5.02 Å². The minimum Gasteiger partial charge on any atom is -0.395 e. The van der Waals surface area contributed by atoms with Crippen molar-refractivity contribution in [3.05, 3.63) is 35.0 Å². The van der Waals surface area contributed by atoms with Crippen molar-refractivity contribution in [3.8, 4) is 0 Å². The smallest absolute Gasteiger partial charge is 0.0542 e. The monoisotopic (exact) mass is 221 g/mol. The van der Waals surface area contributed by atoms with E-state index in [2.05, 4.69) is 11.1 Å². The zero-order valence-corrected chi connectivity index (χ0v) is 9.01. The Morgan fingerprint density at radius 3 is 2.80 bits per heavy atom. The van der Waals surface area contributed by atoms with E-state index < -0.39 is 0 Å². The molecule has 2 aromatic rings. The molecule has 1 fully saturated rings. The van der Waals surface area contributed by atoms with Gasteiger partial charge in [-0.3, -0.25) is 0 Å². The van der Waals surface area contributed by atoms with Crippen molar-refractivity contribution in [2.75, 3.05) is 6.61 Å². The molecule has 1 heterocycles. The van der Waals surface area contributed by atoms with Gasteiger partial charge < -0.3 is 10.1 Å². The normalized spacial score (nSPS) is 18.3. The third kappa shape index (κ3) is 1.36. The lowest BCUT2D eigenvalue weighted by atomic mass is 10.0. The van der Waals surface area contributed by atoms with Gasteiger partial charge >= 0.3 is 0 Å². The summed E-state index contributed by atoms with van der Waals surface area (Å²) < 4.78 is 0. The number of hydrogen-bond acceptors (Lipinski definition) is 1. The SMILES string of the molecule is OCC1(c2cc3cc(Cl)ccc3[nH]2)CC1. The summed E-state index contributed by atoms with van der Waals surface area (Å²) in [5.41, 5.74) is 2.24. The Morgan fingerprint density at radius 1 is 1.33 bits per heavy atom. The van der Waals surface area contributed by atoms with E-state index in [4.69, 9.17) is 11.6 Å². The zero-order chi connectivity index (χ0) is 10.5. The first kappa shape index (κ1) is 9.25. The first-order valence-electron chi connectivity index (χ1n) is 5.13. The summed E-state index contributed by atoms with van der Waals surface area (Å²) in [5, 5.41) is 11.2. The van der Waals surface area contributed by atoms with Gasteiger partial charge in [-0.25, -0.2) is 0 Å². The second-order valence-corrected chi connectivity index (χ2v) is 4.79. The minimum atomic E-state index is 0.00545. The minimum absolute atomic E-state index is 0.00545. The van der Waals surface area contributed by atoms with Crippen molar-refractivity contribution in [1.29, 1.82) is 0 Å². The molecule has 78 valence electrons. The van der Waals surface area contributed by atoms with Crippen LogP contribution in [0, 0.1) is 0 Å². The Labute approximate surface area is 92.9 Å². The van der Waals surface area contributed by atoms with E-state index in [1.807, 2.05) is 18.2 Å². The molecule has 3 rings (SSSR count). The number of hydrogen-bond donors (Lipinski definition) is 2. The van der Waals surface area contributed by atoms with E-state index in [-0.39, 0.29) is 12.0 Å². The fraction of sp³-hybridized carbons (Fsp3) is 0.333. The van der Waals surface area contributed by atoms with Gasteiger partial charge in [-0.2, -0.15) is 0 Å². The van der Waals surface area contributed by atoms with Crippen molar-refractivity contribution in [2.45, 2.75) is 18.3 Å². The number of aliphatic hydroxyl groups excluding tert-OH is 1. The molecule has 0 bridgehead atoms. The number of aromatic nitrogens is 1. The molecule has 1 aromatic carbocycles. The lowest BCUT2D eigenvalue weighted by Crippen LogP contribution is -2.11. The topological polar surface area (TPSA) is 36.0 Å². The van der Waals surface area contributed by atoms with Gasteiger partial charge in [-0.05, 0) is 37.1 Å². The number of halogens is 1. The predicted molar refractivity (Wildman–Crippen MR) is 61.3 cm³/mol. The fourth-order valence-electron chi connectivity index (χ4n) is 2.05. The van der Waals surface area contributed by atoms with Crippen LogP contribution in [0.1, 0.15) is 18.5 Å². The molecule has 0 amide bonds. The van der Waals surface area contributed by atoms with Gasteiger partial charge in [0.15, 0.2) is 0 Å². The number of aromatic amines is 1. The number of H-pyrrole nitrogens is 1. The summed E-state index contributed by atoms with van der Waals surface area (Å²) in [6.07, 6.45) is 2.15. The molecule has 0 saturated heterocycles. The molecule has 0 unspecified atom stereocenters. The molecule has 0 radical (unpaired) electrons. The van der Waals surface area contributed by atoms with E-state index in [9.17, 15) is 5.11 Å². The van der Waals surface area contributed by atoms with Crippen LogP contribution in [-0.2, 0) is 5.41 Å². The van der Waals surface area contributed by atoms with Crippen LogP contribution < -0.4 is 0 Å². The van der Waals surface area contributed by atoms with Crippen molar-refractivity contribution >= 4 is 22.5 Å². The molecule has 0 spiro atoms. The molecule has 1 saturated carbocycles. The maximum atomic E-state index is 9.34. The summed E-state index contributed by atoms with van der Waals surface area (Å²) >= 11 is 5.93. The lowest BCUT2D eigenvalue weighted by molar-refractivity contribution is 0.253. The quantitative estimate of drug-likeness (QED) is 0.804. The second-order valence-electron chi connectivity index (χ2n) is 4.35. The standard InChI is InChI=1S/C12H12ClNO/c13-9-1-2-10-8(5-9)6-11(14-10)12(7-15)3-4-12/h1-2,5-6,14-15H,3-4,7H2. The predicted octanol–water partition coefficient (Wildman–Crippen LogP) is 2.85. The molecule has 2 nitrogen and oxygen atoms in total. The number of aliphatic hydroxyl groups is 1. The number of fused-ring (bicyclic) bond motifs is 1. The van der Waals surface area contributed by atoms with Gasteiger partial charge in [0.1, 0.15) is 0 Å². The molecular formula is C12H12ClNO. The van der Waals surface area contributed by atoms with Crippen LogP contribution in [0.5, 0.6) is 0 Å². The summed E-state index contributed by atoms with van der Waals surface area (Å²) in [4.78, 5) is 3.36. The molecule has 0 atom stereocenters. The van der Waals surface area contributed by atoms with E-state index >= 15 is 0 Å². The van der Waals surface area contributed by atoms with Crippen molar-refractivity contribution < 1.29 is 5.11 Å². The summed E-state index contributed by atoms with van der Waals surface area (Å²) in [7, 11) is 0. The van der Waals surface area contributed by atoms with Crippen LogP contribution in [-0.4, -0.2) is 16.7 Å². The highest BCUT2D eigenvalue weighted by Gasteiger charge is 2.44. The second kappa shape index (κ2) is 3.00. The van der Waals surface area contributed by atoms with Crippen LogP contribution in [0.3, 0.4) is 0 Å². The van der Waals surface area contributed by atoms with E-state index in [0.29, 0.717) is 0 Å². The van der Waals surface area contributed by atoms with Gasteiger partial charge in [0.05, 0.1) is 6.61 Å². The summed E-state index contributed by atoms with van der Waals surface area (Å²) in [5.74, 6) is 0. The van der Waals surface area contributed by atoms with Crippen molar-refractivity contribution in [1.82, 2.24) is 4.98 Å². The highest BCUT2D eigenvalue weighted by atomic mass is 35.5. The van der Waals surface area contributed by atoms with E-state index in [1.165, 1.54) is 0 Å². The highest BCUT2D eigenvalue weighted by molar-refractivity contribution is 6.31. The summed E-state index contributed by atoms with van der Waals surface area (Å²) in [6.45, 7) is 0.230. The van der Waals surface area contributed by atoms with Gasteiger partial charge in [0, 0.05) is 27.0 Å². The Kier molecular flexibility index (Phi) is 1.85. The molecular weight excluding hydrogens is 210 g/mol. The molecule has 0 aliphatic heterocycles. The fourth-order valence-corrected chi connectivity index (χ4v) is 2.23. The number of nitrogens with one attached hydrogen (secondary N) is 1.